The lowest BCUT2D eigenvalue weighted by atomic mass is 10.1. The molecule has 37 heavy (non-hydrogen) atoms. The number of benzene rings is 3. The van der Waals surface area contributed by atoms with Crippen LogP contribution in [0.1, 0.15) is 52.1 Å². The van der Waals surface area contributed by atoms with Crippen LogP contribution < -0.4 is 10.9 Å². The van der Waals surface area contributed by atoms with Crippen molar-refractivity contribution < 1.29 is 9.59 Å². The first-order valence-corrected chi connectivity index (χ1v) is 13.4. The van der Waals surface area contributed by atoms with Crippen LogP contribution in [0, 0.1) is 12.8 Å². The van der Waals surface area contributed by atoms with E-state index in [2.05, 4.69) is 19.2 Å². The summed E-state index contributed by atoms with van der Waals surface area (Å²) in [4.78, 5) is 43.8. The third-order valence-electron chi connectivity index (χ3n) is 6.08. The van der Waals surface area contributed by atoms with Crippen LogP contribution in [0.3, 0.4) is 0 Å². The molecule has 1 N–H and O–H groups in total. The van der Waals surface area contributed by atoms with Crippen molar-refractivity contribution in [2.45, 2.75) is 38.9 Å². The van der Waals surface area contributed by atoms with Gasteiger partial charge in [-0.2, -0.15) is 0 Å². The lowest BCUT2D eigenvalue weighted by molar-refractivity contribution is 0.0951. The summed E-state index contributed by atoms with van der Waals surface area (Å²) < 4.78 is 1.60. The highest BCUT2D eigenvalue weighted by Gasteiger charge is 2.16. The predicted molar refractivity (Wildman–Crippen MR) is 150 cm³/mol. The van der Waals surface area contributed by atoms with E-state index in [0.717, 1.165) is 17.5 Å². The summed E-state index contributed by atoms with van der Waals surface area (Å²) in [6.07, 6.45) is 0.886. The van der Waals surface area contributed by atoms with Gasteiger partial charge in [-0.1, -0.05) is 85.8 Å². The van der Waals surface area contributed by atoms with Gasteiger partial charge in [-0.25, -0.2) is 4.98 Å². The average Bonchev–Trinajstić information content (AvgIpc) is 2.89. The molecule has 1 amide bonds. The Bertz CT molecular complexity index is 1460. The molecule has 190 valence electrons. The van der Waals surface area contributed by atoms with Gasteiger partial charge in [0.2, 0.25) is 0 Å². The largest absolute Gasteiger partial charge is 0.352 e. The third kappa shape index (κ3) is 6.74. The van der Waals surface area contributed by atoms with Crippen LogP contribution in [0.15, 0.2) is 82.7 Å². The number of thioether (sulfide) groups is 1. The van der Waals surface area contributed by atoms with E-state index in [0.29, 0.717) is 46.2 Å². The summed E-state index contributed by atoms with van der Waals surface area (Å²) in [7, 11) is 0. The van der Waals surface area contributed by atoms with Gasteiger partial charge in [-0.15, -0.1) is 0 Å². The molecular weight excluding hydrogens is 482 g/mol. The molecule has 0 aliphatic carbocycles. The van der Waals surface area contributed by atoms with Gasteiger partial charge in [0, 0.05) is 17.7 Å². The molecule has 1 aromatic heterocycles. The summed E-state index contributed by atoms with van der Waals surface area (Å²) in [5.41, 5.74) is 3.36. The normalized spacial score (nSPS) is 11.1. The number of amides is 1. The molecule has 0 saturated carbocycles. The summed E-state index contributed by atoms with van der Waals surface area (Å²) in [6, 6.07) is 22.1. The fraction of sp³-hybridized carbons (Fsp3) is 0.267. The predicted octanol–water partition coefficient (Wildman–Crippen LogP) is 5.50. The van der Waals surface area contributed by atoms with Gasteiger partial charge in [0.15, 0.2) is 10.9 Å². The molecule has 0 bridgehead atoms. The Balaban J connectivity index is 1.67. The maximum atomic E-state index is 13.6. The smallest absolute Gasteiger partial charge is 0.262 e. The number of nitrogens with one attached hydrogen (secondary N) is 1. The fourth-order valence-corrected chi connectivity index (χ4v) is 4.78. The van der Waals surface area contributed by atoms with E-state index in [9.17, 15) is 14.4 Å². The number of aryl methyl sites for hydroxylation is 1. The number of hydrogen-bond donors (Lipinski definition) is 1. The molecule has 0 atom stereocenters. The number of rotatable bonds is 10. The van der Waals surface area contributed by atoms with Gasteiger partial charge >= 0.3 is 0 Å². The second-order valence-corrected chi connectivity index (χ2v) is 10.5. The Morgan fingerprint density at radius 1 is 0.973 bits per heavy atom. The molecule has 7 heteroatoms. The Kier molecular flexibility index (Phi) is 8.56. The minimum absolute atomic E-state index is 0.0381. The van der Waals surface area contributed by atoms with E-state index in [1.807, 2.05) is 61.5 Å². The zero-order valence-corrected chi connectivity index (χ0v) is 22.2. The van der Waals surface area contributed by atoms with Gasteiger partial charge < -0.3 is 5.32 Å². The molecular formula is C30H31N3O3S. The summed E-state index contributed by atoms with van der Waals surface area (Å²) in [6.45, 7) is 7.11. The molecule has 0 fully saturated rings. The molecule has 0 saturated heterocycles. The van der Waals surface area contributed by atoms with Gasteiger partial charge in [-0.3, -0.25) is 19.0 Å². The number of aromatic nitrogens is 2. The molecule has 0 radical (unpaired) electrons. The van der Waals surface area contributed by atoms with Gasteiger partial charge in [0.25, 0.3) is 11.5 Å². The van der Waals surface area contributed by atoms with Crippen molar-refractivity contribution in [3.63, 3.8) is 0 Å². The second kappa shape index (κ2) is 12.0. The minimum atomic E-state index is -0.203. The highest BCUT2D eigenvalue weighted by atomic mass is 32.2. The van der Waals surface area contributed by atoms with E-state index < -0.39 is 0 Å². The lowest BCUT2D eigenvalue weighted by Crippen LogP contribution is -2.26. The number of fused-ring (bicyclic) bond motifs is 1. The lowest BCUT2D eigenvalue weighted by Gasteiger charge is -2.14. The standard InChI is InChI=1S/C30H31N3O3S/c1-20(2)15-16-31-28(35)24-13-14-25-26(17-24)32-30(33(29(25)36)18-22-7-5-4-6-8-22)37-19-27(34)23-11-9-21(3)10-12-23/h4-14,17,20H,15-16,18-19H2,1-3H3,(H,31,35). The van der Waals surface area contributed by atoms with Gasteiger partial charge in [0.1, 0.15) is 0 Å². The monoisotopic (exact) mass is 513 g/mol. The van der Waals surface area contributed by atoms with E-state index in [-0.39, 0.29) is 23.0 Å². The quantitative estimate of drug-likeness (QED) is 0.172. The van der Waals surface area contributed by atoms with Crippen LogP contribution in [0.2, 0.25) is 0 Å². The summed E-state index contributed by atoms with van der Waals surface area (Å²) >= 11 is 1.24. The number of nitrogens with zero attached hydrogens (tertiary/aromatic N) is 2. The number of Topliss-reactive ketones (excluding diaryl/α,β-unsaturated/α-hetero) is 1. The topological polar surface area (TPSA) is 81.1 Å². The van der Waals surface area contributed by atoms with Crippen LogP contribution in [-0.2, 0) is 6.54 Å². The highest BCUT2D eigenvalue weighted by molar-refractivity contribution is 7.99. The van der Waals surface area contributed by atoms with Crippen molar-refractivity contribution >= 4 is 34.4 Å². The molecule has 6 nitrogen and oxygen atoms in total. The third-order valence-corrected chi connectivity index (χ3v) is 7.06. The zero-order chi connectivity index (χ0) is 26.4. The van der Waals surface area contributed by atoms with Crippen molar-refractivity contribution in [2.75, 3.05) is 12.3 Å². The first-order valence-electron chi connectivity index (χ1n) is 12.4. The van der Waals surface area contributed by atoms with Crippen LogP contribution >= 0.6 is 11.8 Å². The Morgan fingerprint density at radius 3 is 2.38 bits per heavy atom. The Labute approximate surface area is 221 Å². The van der Waals surface area contributed by atoms with E-state index in [1.165, 1.54) is 11.8 Å². The molecule has 4 aromatic rings. The van der Waals surface area contributed by atoms with Crippen molar-refractivity contribution in [3.8, 4) is 0 Å². The Morgan fingerprint density at radius 2 is 1.68 bits per heavy atom. The first-order chi connectivity index (χ1) is 17.8. The fourth-order valence-electron chi connectivity index (χ4n) is 3.89. The SMILES string of the molecule is Cc1ccc(C(=O)CSc2nc3cc(C(=O)NCCC(C)C)ccc3c(=O)n2Cc2ccccc2)cc1. The summed E-state index contributed by atoms with van der Waals surface area (Å²) in [5, 5.41) is 3.81. The number of hydrogen-bond acceptors (Lipinski definition) is 5. The maximum absolute atomic E-state index is 13.6. The Hall–Kier alpha value is -3.71. The number of carbonyl (C=O) groups excluding carboxylic acids is 2. The number of carbonyl (C=O) groups is 2. The average molecular weight is 514 g/mol. The molecule has 3 aromatic carbocycles. The number of ketones is 1. The zero-order valence-electron chi connectivity index (χ0n) is 21.4. The molecule has 0 unspecified atom stereocenters. The van der Waals surface area contributed by atoms with Crippen LogP contribution in [0.4, 0.5) is 0 Å². The highest BCUT2D eigenvalue weighted by Crippen LogP contribution is 2.21. The van der Waals surface area contributed by atoms with Crippen molar-refractivity contribution in [3.05, 3.63) is 105 Å². The molecule has 1 heterocycles. The van der Waals surface area contributed by atoms with Crippen LogP contribution in [-0.4, -0.2) is 33.5 Å². The molecule has 4 rings (SSSR count). The van der Waals surface area contributed by atoms with E-state index in [1.54, 1.807) is 22.8 Å². The van der Waals surface area contributed by atoms with Crippen LogP contribution in [0.25, 0.3) is 10.9 Å². The van der Waals surface area contributed by atoms with Crippen molar-refractivity contribution in [1.82, 2.24) is 14.9 Å². The molecule has 0 aliphatic rings. The maximum Gasteiger partial charge on any atom is 0.262 e. The second-order valence-electron chi connectivity index (χ2n) is 9.52. The van der Waals surface area contributed by atoms with Crippen LogP contribution in [0.5, 0.6) is 0 Å². The summed E-state index contributed by atoms with van der Waals surface area (Å²) in [5.74, 6) is 0.403. The van der Waals surface area contributed by atoms with Crippen molar-refractivity contribution in [2.24, 2.45) is 5.92 Å². The molecule has 0 spiro atoms. The minimum Gasteiger partial charge on any atom is -0.352 e. The molecule has 0 aliphatic heterocycles. The van der Waals surface area contributed by atoms with E-state index in [4.69, 9.17) is 4.98 Å². The van der Waals surface area contributed by atoms with E-state index >= 15 is 0 Å². The van der Waals surface area contributed by atoms with Gasteiger partial charge in [0.05, 0.1) is 23.2 Å². The first kappa shape index (κ1) is 26.4. The van der Waals surface area contributed by atoms with Gasteiger partial charge in [-0.05, 0) is 43.0 Å². The van der Waals surface area contributed by atoms with Crippen molar-refractivity contribution in [1.29, 1.82) is 0 Å².